The van der Waals surface area contributed by atoms with Gasteiger partial charge in [-0.2, -0.15) is 21.6 Å². The highest BCUT2D eigenvalue weighted by atomic mass is 32.2. The van der Waals surface area contributed by atoms with E-state index in [0.717, 1.165) is 30.7 Å². The van der Waals surface area contributed by atoms with Crippen LogP contribution in [0.1, 0.15) is 0 Å². The number of pyridine rings is 1. The number of halogens is 4. The fourth-order valence-electron chi connectivity index (χ4n) is 1.78. The molecule has 0 radical (unpaired) electrons. The van der Waals surface area contributed by atoms with E-state index in [1.165, 1.54) is 0 Å². The van der Waals surface area contributed by atoms with Crippen LogP contribution in [0.2, 0.25) is 0 Å². The van der Waals surface area contributed by atoms with Crippen molar-refractivity contribution in [3.8, 4) is 17.3 Å². The third kappa shape index (κ3) is 2.87. The van der Waals surface area contributed by atoms with Crippen molar-refractivity contribution in [3.63, 3.8) is 0 Å². The van der Waals surface area contributed by atoms with E-state index in [1.807, 2.05) is 0 Å². The van der Waals surface area contributed by atoms with E-state index in [2.05, 4.69) is 19.4 Å². The fraction of sp³-hybridized carbons (Fsp3) is 0.0833. The van der Waals surface area contributed by atoms with Gasteiger partial charge in [0, 0.05) is 11.5 Å². The summed E-state index contributed by atoms with van der Waals surface area (Å²) >= 11 is 0. The third-order valence-corrected chi connectivity index (χ3v) is 3.78. The molecule has 0 saturated heterocycles. The lowest BCUT2D eigenvalue weighted by atomic mass is 10.1. The van der Waals surface area contributed by atoms with E-state index in [-0.39, 0.29) is 22.4 Å². The van der Waals surface area contributed by atoms with Crippen LogP contribution in [-0.2, 0) is 10.1 Å². The molecule has 0 spiro atoms. The number of alkyl halides is 3. The lowest BCUT2D eigenvalue weighted by molar-refractivity contribution is -0.0501. The summed E-state index contributed by atoms with van der Waals surface area (Å²) in [4.78, 5) is 3.63. The molecule has 24 heavy (non-hydrogen) atoms. The predicted molar refractivity (Wildman–Crippen MR) is 70.6 cm³/mol. The SMILES string of the molecule is O=S(=O)(Oc1ccc2cc(F)c(-c3nnco3)cc2n1)C(F)(F)F. The molecule has 3 rings (SSSR count). The van der Waals surface area contributed by atoms with Gasteiger partial charge in [-0.25, -0.2) is 9.37 Å². The van der Waals surface area contributed by atoms with Crippen molar-refractivity contribution in [2.45, 2.75) is 5.51 Å². The number of hydrogen-bond acceptors (Lipinski definition) is 7. The summed E-state index contributed by atoms with van der Waals surface area (Å²) in [5, 5.41) is 7.09. The van der Waals surface area contributed by atoms with Gasteiger partial charge in [0.15, 0.2) is 0 Å². The van der Waals surface area contributed by atoms with E-state index in [4.69, 9.17) is 4.42 Å². The van der Waals surface area contributed by atoms with E-state index in [9.17, 15) is 26.0 Å². The average molecular weight is 363 g/mol. The van der Waals surface area contributed by atoms with Crippen molar-refractivity contribution in [1.82, 2.24) is 15.2 Å². The van der Waals surface area contributed by atoms with E-state index in [1.54, 1.807) is 0 Å². The molecule has 0 N–H and O–H groups in total. The maximum atomic E-state index is 14.0. The van der Waals surface area contributed by atoms with Gasteiger partial charge in [-0.3, -0.25) is 0 Å². The number of rotatable bonds is 3. The van der Waals surface area contributed by atoms with Gasteiger partial charge in [0.25, 0.3) is 0 Å². The molecule has 0 amide bonds. The lowest BCUT2D eigenvalue weighted by Crippen LogP contribution is -2.28. The van der Waals surface area contributed by atoms with Gasteiger partial charge in [0.2, 0.25) is 18.2 Å². The summed E-state index contributed by atoms with van der Waals surface area (Å²) in [6.45, 7) is 0. The van der Waals surface area contributed by atoms with Crippen LogP contribution in [0.3, 0.4) is 0 Å². The zero-order chi connectivity index (χ0) is 17.5. The molecule has 2 aromatic heterocycles. The van der Waals surface area contributed by atoms with Crippen molar-refractivity contribution in [3.05, 3.63) is 36.5 Å². The van der Waals surface area contributed by atoms with Crippen LogP contribution in [0.15, 0.2) is 35.1 Å². The van der Waals surface area contributed by atoms with Crippen molar-refractivity contribution in [2.75, 3.05) is 0 Å². The Morgan fingerprint density at radius 2 is 1.92 bits per heavy atom. The Morgan fingerprint density at radius 3 is 2.54 bits per heavy atom. The minimum Gasteiger partial charge on any atom is -0.423 e. The van der Waals surface area contributed by atoms with Gasteiger partial charge in [-0.15, -0.1) is 10.2 Å². The minimum atomic E-state index is -5.86. The maximum Gasteiger partial charge on any atom is 0.534 e. The van der Waals surface area contributed by atoms with Gasteiger partial charge in [0.1, 0.15) is 5.82 Å². The minimum absolute atomic E-state index is 0.0283. The molecule has 0 bridgehead atoms. The molecular formula is C12H5F4N3O4S. The van der Waals surface area contributed by atoms with Gasteiger partial charge >= 0.3 is 15.6 Å². The number of hydrogen-bond donors (Lipinski definition) is 0. The summed E-state index contributed by atoms with van der Waals surface area (Å²) < 4.78 is 81.7. The Kier molecular flexibility index (Phi) is 3.63. The molecule has 0 aliphatic carbocycles. The van der Waals surface area contributed by atoms with Crippen LogP contribution < -0.4 is 4.18 Å². The highest BCUT2D eigenvalue weighted by Crippen LogP contribution is 2.29. The summed E-state index contributed by atoms with van der Waals surface area (Å²) in [6, 6.07) is 4.18. The first-order valence-electron chi connectivity index (χ1n) is 6.05. The molecule has 12 heteroatoms. The van der Waals surface area contributed by atoms with Crippen LogP contribution in [0, 0.1) is 5.82 Å². The van der Waals surface area contributed by atoms with Gasteiger partial charge in [0.05, 0.1) is 11.1 Å². The first kappa shape index (κ1) is 16.1. The van der Waals surface area contributed by atoms with Crippen LogP contribution >= 0.6 is 0 Å². The van der Waals surface area contributed by atoms with E-state index in [0.29, 0.717) is 0 Å². The Hall–Kier alpha value is -2.76. The smallest absolute Gasteiger partial charge is 0.423 e. The molecule has 7 nitrogen and oxygen atoms in total. The number of fused-ring (bicyclic) bond motifs is 1. The zero-order valence-corrected chi connectivity index (χ0v) is 12.1. The predicted octanol–water partition coefficient (Wildman–Crippen LogP) is 2.65. The lowest BCUT2D eigenvalue weighted by Gasteiger charge is -2.09. The maximum absolute atomic E-state index is 14.0. The van der Waals surface area contributed by atoms with Crippen molar-refractivity contribution in [1.29, 1.82) is 0 Å². The molecule has 0 fully saturated rings. The molecule has 0 aliphatic rings. The van der Waals surface area contributed by atoms with Crippen LogP contribution in [0.25, 0.3) is 22.4 Å². The zero-order valence-electron chi connectivity index (χ0n) is 11.3. The first-order chi connectivity index (χ1) is 11.2. The molecule has 0 unspecified atom stereocenters. The normalized spacial score (nSPS) is 12.5. The van der Waals surface area contributed by atoms with E-state index >= 15 is 0 Å². The highest BCUT2D eigenvalue weighted by molar-refractivity contribution is 7.87. The third-order valence-electron chi connectivity index (χ3n) is 2.82. The van der Waals surface area contributed by atoms with Gasteiger partial charge in [-0.05, 0) is 18.2 Å². The second-order valence-corrected chi connectivity index (χ2v) is 5.94. The van der Waals surface area contributed by atoms with Crippen LogP contribution in [-0.4, -0.2) is 29.1 Å². The molecular weight excluding hydrogens is 358 g/mol. The number of nitrogens with zero attached hydrogens (tertiary/aromatic N) is 3. The number of benzene rings is 1. The molecule has 2 heterocycles. The summed E-state index contributed by atoms with van der Waals surface area (Å²) in [5.74, 6) is -1.72. The highest BCUT2D eigenvalue weighted by Gasteiger charge is 2.48. The summed E-state index contributed by atoms with van der Waals surface area (Å²) in [5.41, 5.74) is -5.77. The van der Waals surface area contributed by atoms with Crippen LogP contribution in [0.5, 0.6) is 5.88 Å². The standard InChI is InChI=1S/C12H5F4N3O4S/c13-8-3-6-1-2-10(23-24(20,21)12(14,15)16)18-9(6)4-7(8)11-19-17-5-22-11/h1-5H. The van der Waals surface area contributed by atoms with Gasteiger partial charge < -0.3 is 8.60 Å². The Bertz CT molecular complexity index is 1000. The summed E-state index contributed by atoms with van der Waals surface area (Å²) in [7, 11) is -5.86. The number of aromatic nitrogens is 3. The molecule has 1 aromatic carbocycles. The largest absolute Gasteiger partial charge is 0.534 e. The van der Waals surface area contributed by atoms with Crippen LogP contribution in [0.4, 0.5) is 17.6 Å². The second kappa shape index (κ2) is 5.40. The Labute approximate surface area is 131 Å². The Morgan fingerprint density at radius 1 is 1.17 bits per heavy atom. The fourth-order valence-corrected chi connectivity index (χ4v) is 2.20. The molecule has 0 atom stereocenters. The quantitative estimate of drug-likeness (QED) is 0.401. The second-order valence-electron chi connectivity index (χ2n) is 4.40. The summed E-state index contributed by atoms with van der Waals surface area (Å²) in [6.07, 6.45) is 0.960. The topological polar surface area (TPSA) is 95.2 Å². The van der Waals surface area contributed by atoms with Crippen molar-refractivity contribution < 1.29 is 34.6 Å². The van der Waals surface area contributed by atoms with Gasteiger partial charge in [-0.1, -0.05) is 0 Å². The average Bonchev–Trinajstić information content (AvgIpc) is 2.99. The van der Waals surface area contributed by atoms with Crippen molar-refractivity contribution >= 4 is 21.0 Å². The Balaban J connectivity index is 2.06. The van der Waals surface area contributed by atoms with E-state index < -0.39 is 27.3 Å². The monoisotopic (exact) mass is 363 g/mol. The molecule has 3 aromatic rings. The first-order valence-corrected chi connectivity index (χ1v) is 7.46. The molecule has 0 saturated carbocycles. The molecule has 0 aliphatic heterocycles. The molecule has 126 valence electrons. The van der Waals surface area contributed by atoms with Crippen molar-refractivity contribution in [2.24, 2.45) is 0 Å².